The van der Waals surface area contributed by atoms with E-state index >= 15 is 0 Å². The van der Waals surface area contributed by atoms with Crippen LogP contribution in [-0.4, -0.2) is 36.4 Å². The van der Waals surface area contributed by atoms with Crippen molar-refractivity contribution in [3.63, 3.8) is 0 Å². The molecule has 170 valence electrons. The van der Waals surface area contributed by atoms with Crippen molar-refractivity contribution in [1.82, 2.24) is 10.9 Å². The summed E-state index contributed by atoms with van der Waals surface area (Å²) in [6.07, 6.45) is 1.94. The van der Waals surface area contributed by atoms with Crippen molar-refractivity contribution in [2.24, 2.45) is 5.92 Å². The van der Waals surface area contributed by atoms with Gasteiger partial charge in [-0.25, -0.2) is 0 Å². The van der Waals surface area contributed by atoms with Crippen LogP contribution in [0.25, 0.3) is 0 Å². The van der Waals surface area contributed by atoms with Crippen molar-refractivity contribution in [3.05, 3.63) is 63.2 Å². The summed E-state index contributed by atoms with van der Waals surface area (Å²) < 4.78 is 5.50. The second kappa shape index (κ2) is 10.1. The number of aryl methyl sites for hydroxylation is 2. The summed E-state index contributed by atoms with van der Waals surface area (Å²) >= 11 is 0. The lowest BCUT2D eigenvalue weighted by Crippen LogP contribution is -2.43. The van der Waals surface area contributed by atoms with Gasteiger partial charge in [0.15, 0.2) is 6.61 Å². The van der Waals surface area contributed by atoms with Crippen molar-refractivity contribution in [1.29, 1.82) is 0 Å². The normalized spacial score (nSPS) is 14.0. The number of hydrogen-bond donors (Lipinski definition) is 2. The first kappa shape index (κ1) is 23.1. The number of piperidine rings is 1. The number of anilines is 1. The number of benzene rings is 2. The number of carbonyl (C=O) groups excluding carboxylic acids is 2. The van der Waals surface area contributed by atoms with Crippen LogP contribution in [0, 0.1) is 29.9 Å². The van der Waals surface area contributed by atoms with E-state index in [1.54, 1.807) is 6.07 Å². The van der Waals surface area contributed by atoms with Gasteiger partial charge < -0.3 is 9.64 Å². The molecule has 2 N–H and O–H groups in total. The predicted octanol–water partition coefficient (Wildman–Crippen LogP) is 3.29. The van der Waals surface area contributed by atoms with Gasteiger partial charge in [0.1, 0.15) is 11.4 Å². The Morgan fingerprint density at radius 1 is 1.12 bits per heavy atom. The van der Waals surface area contributed by atoms with Gasteiger partial charge in [0.25, 0.3) is 17.5 Å². The van der Waals surface area contributed by atoms with Crippen LogP contribution in [0.1, 0.15) is 41.3 Å². The predicted molar refractivity (Wildman–Crippen MR) is 121 cm³/mol. The van der Waals surface area contributed by atoms with Gasteiger partial charge in [0.2, 0.25) is 0 Å². The molecule has 2 amide bonds. The standard InChI is InChI=1S/C23H28N4O5/c1-15-8-10-26(11-9-15)19-7-6-18(13-20(19)27(30)31)23(29)25-24-22(28)14-32-21-12-16(2)4-5-17(21)3/h4-7,12-13,15H,8-11,14H2,1-3H3,(H,24,28)(H,25,29). The molecule has 0 atom stereocenters. The van der Waals surface area contributed by atoms with Crippen LogP contribution in [0.5, 0.6) is 5.75 Å². The van der Waals surface area contributed by atoms with Gasteiger partial charge in [-0.05, 0) is 61.9 Å². The molecule has 0 bridgehead atoms. The number of hydrazine groups is 1. The molecule has 1 aliphatic rings. The zero-order chi connectivity index (χ0) is 23.3. The Kier molecular flexibility index (Phi) is 7.29. The Bertz CT molecular complexity index is 1020. The Morgan fingerprint density at radius 2 is 1.84 bits per heavy atom. The molecule has 32 heavy (non-hydrogen) atoms. The average molecular weight is 441 g/mol. The smallest absolute Gasteiger partial charge is 0.293 e. The highest BCUT2D eigenvalue weighted by molar-refractivity contribution is 5.96. The third-order valence-electron chi connectivity index (χ3n) is 5.58. The SMILES string of the molecule is Cc1ccc(C)c(OCC(=O)NNC(=O)c2ccc(N3CCC(C)CC3)c([N+](=O)[O-])c2)c1. The quantitative estimate of drug-likeness (QED) is 0.526. The van der Waals surface area contributed by atoms with E-state index < -0.39 is 16.7 Å². The number of rotatable bonds is 6. The van der Waals surface area contributed by atoms with Crippen LogP contribution in [0.3, 0.4) is 0 Å². The van der Waals surface area contributed by atoms with E-state index in [0.29, 0.717) is 17.4 Å². The molecular weight excluding hydrogens is 412 g/mol. The minimum atomic E-state index is -0.646. The highest BCUT2D eigenvalue weighted by Gasteiger charge is 2.25. The summed E-state index contributed by atoms with van der Waals surface area (Å²) in [7, 11) is 0. The van der Waals surface area contributed by atoms with Crippen LogP contribution in [-0.2, 0) is 4.79 Å². The first-order valence-electron chi connectivity index (χ1n) is 10.6. The molecule has 9 nitrogen and oxygen atoms in total. The molecule has 9 heteroatoms. The summed E-state index contributed by atoms with van der Waals surface area (Å²) in [4.78, 5) is 37.6. The van der Waals surface area contributed by atoms with E-state index in [0.717, 1.165) is 37.1 Å². The van der Waals surface area contributed by atoms with Gasteiger partial charge in [-0.15, -0.1) is 0 Å². The minimum absolute atomic E-state index is 0.0848. The van der Waals surface area contributed by atoms with Crippen LogP contribution in [0.4, 0.5) is 11.4 Å². The lowest BCUT2D eigenvalue weighted by molar-refractivity contribution is -0.384. The number of amides is 2. The molecule has 0 aromatic heterocycles. The lowest BCUT2D eigenvalue weighted by Gasteiger charge is -2.31. The third kappa shape index (κ3) is 5.75. The molecule has 2 aromatic carbocycles. The summed E-state index contributed by atoms with van der Waals surface area (Å²) in [5, 5.41) is 11.6. The number of nitro benzene ring substituents is 1. The molecule has 0 radical (unpaired) electrons. The number of nitro groups is 1. The molecule has 1 saturated heterocycles. The molecule has 1 aliphatic heterocycles. The van der Waals surface area contributed by atoms with Crippen molar-refractivity contribution in [2.45, 2.75) is 33.6 Å². The van der Waals surface area contributed by atoms with E-state index in [4.69, 9.17) is 4.74 Å². The third-order valence-corrected chi connectivity index (χ3v) is 5.58. The van der Waals surface area contributed by atoms with E-state index in [1.165, 1.54) is 12.1 Å². The molecular formula is C23H28N4O5. The van der Waals surface area contributed by atoms with E-state index in [1.807, 2.05) is 36.9 Å². The Morgan fingerprint density at radius 3 is 2.53 bits per heavy atom. The molecule has 0 saturated carbocycles. The molecule has 0 spiro atoms. The summed E-state index contributed by atoms with van der Waals surface area (Å²) in [6.45, 7) is 7.16. The lowest BCUT2D eigenvalue weighted by atomic mass is 9.98. The number of carbonyl (C=O) groups is 2. The van der Waals surface area contributed by atoms with Crippen LogP contribution in [0.15, 0.2) is 36.4 Å². The van der Waals surface area contributed by atoms with Crippen LogP contribution in [0.2, 0.25) is 0 Å². The maximum atomic E-state index is 12.4. The molecule has 1 fully saturated rings. The summed E-state index contributed by atoms with van der Waals surface area (Å²) in [5.41, 5.74) is 6.91. The number of nitrogens with one attached hydrogen (secondary N) is 2. The number of hydrogen-bond acceptors (Lipinski definition) is 6. The second-order valence-corrected chi connectivity index (χ2v) is 8.19. The van der Waals surface area contributed by atoms with Crippen LogP contribution >= 0.6 is 0 Å². The van der Waals surface area contributed by atoms with Crippen molar-refractivity contribution in [3.8, 4) is 5.75 Å². The number of nitrogens with zero attached hydrogens (tertiary/aromatic N) is 2. The van der Waals surface area contributed by atoms with Gasteiger partial charge in [0, 0.05) is 24.7 Å². The first-order valence-corrected chi connectivity index (χ1v) is 10.6. The molecule has 0 unspecified atom stereocenters. The fourth-order valence-electron chi connectivity index (χ4n) is 3.57. The van der Waals surface area contributed by atoms with Gasteiger partial charge in [-0.1, -0.05) is 19.1 Å². The Labute approximate surface area is 186 Å². The largest absolute Gasteiger partial charge is 0.483 e. The van der Waals surface area contributed by atoms with Crippen molar-refractivity contribution < 1.29 is 19.2 Å². The topological polar surface area (TPSA) is 114 Å². The van der Waals surface area contributed by atoms with Crippen LogP contribution < -0.4 is 20.5 Å². The summed E-state index contributed by atoms with van der Waals surface area (Å²) in [5.74, 6) is -0.0117. The van der Waals surface area contributed by atoms with Gasteiger partial charge in [-0.2, -0.15) is 0 Å². The van der Waals surface area contributed by atoms with Crippen molar-refractivity contribution in [2.75, 3.05) is 24.6 Å². The monoisotopic (exact) mass is 440 g/mol. The molecule has 0 aliphatic carbocycles. The van der Waals surface area contributed by atoms with Crippen molar-refractivity contribution >= 4 is 23.2 Å². The zero-order valence-electron chi connectivity index (χ0n) is 18.5. The Hall–Kier alpha value is -3.62. The maximum Gasteiger partial charge on any atom is 0.293 e. The Balaban J connectivity index is 1.59. The van der Waals surface area contributed by atoms with E-state index in [2.05, 4.69) is 17.8 Å². The van der Waals surface area contributed by atoms with E-state index in [9.17, 15) is 19.7 Å². The number of ether oxygens (including phenoxy) is 1. The first-order chi connectivity index (χ1) is 15.2. The van der Waals surface area contributed by atoms with Gasteiger partial charge in [0.05, 0.1) is 4.92 Å². The van der Waals surface area contributed by atoms with E-state index in [-0.39, 0.29) is 17.9 Å². The summed E-state index contributed by atoms with van der Waals surface area (Å²) in [6, 6.07) is 10.0. The van der Waals surface area contributed by atoms with Gasteiger partial charge >= 0.3 is 0 Å². The second-order valence-electron chi connectivity index (χ2n) is 8.19. The van der Waals surface area contributed by atoms with Gasteiger partial charge in [-0.3, -0.25) is 30.6 Å². The molecule has 2 aromatic rings. The maximum absolute atomic E-state index is 12.4. The average Bonchev–Trinajstić information content (AvgIpc) is 2.78. The molecule has 3 rings (SSSR count). The highest BCUT2D eigenvalue weighted by Crippen LogP contribution is 2.32. The zero-order valence-corrected chi connectivity index (χ0v) is 18.5. The fraction of sp³-hybridized carbons (Fsp3) is 0.391. The highest BCUT2D eigenvalue weighted by atomic mass is 16.6. The minimum Gasteiger partial charge on any atom is -0.483 e. The molecule has 1 heterocycles. The fourth-order valence-corrected chi connectivity index (χ4v) is 3.57.